The van der Waals surface area contributed by atoms with Gasteiger partial charge in [0.1, 0.15) is 11.5 Å². The number of hydrogen-bond acceptors (Lipinski definition) is 4. The second kappa shape index (κ2) is 8.73. The van der Waals surface area contributed by atoms with Crippen LogP contribution in [0.2, 0.25) is 0 Å². The first kappa shape index (κ1) is 18.3. The lowest BCUT2D eigenvalue weighted by molar-refractivity contribution is -0.136. The van der Waals surface area contributed by atoms with E-state index >= 15 is 0 Å². The molecule has 6 heteroatoms. The minimum absolute atomic E-state index is 0.0532. The van der Waals surface area contributed by atoms with Gasteiger partial charge in [-0.15, -0.1) is 0 Å². The second-order valence-corrected chi connectivity index (χ2v) is 5.28. The summed E-state index contributed by atoms with van der Waals surface area (Å²) in [6.45, 7) is 4.71. The number of hydrogen-bond donors (Lipinski definition) is 2. The molecule has 0 fully saturated rings. The summed E-state index contributed by atoms with van der Waals surface area (Å²) in [5.74, 6) is -0.0627. The monoisotopic (exact) mass is 343 g/mol. The normalized spacial score (nSPS) is 10.2. The van der Waals surface area contributed by atoms with Gasteiger partial charge in [0.05, 0.1) is 19.6 Å². The number of anilines is 1. The topological polar surface area (TPSA) is 84.9 Å². The van der Waals surface area contributed by atoms with Crippen LogP contribution in [0.4, 0.5) is 5.69 Å². The van der Waals surface area contributed by atoms with Gasteiger partial charge in [-0.1, -0.05) is 12.1 Å². The summed E-state index contributed by atoms with van der Waals surface area (Å²) in [5, 5.41) is 11.6. The predicted octanol–water partition coefficient (Wildman–Crippen LogP) is 3.36. The van der Waals surface area contributed by atoms with Crippen LogP contribution in [0.25, 0.3) is 0 Å². The molecule has 0 aliphatic carbocycles. The molecule has 0 aliphatic rings. The molecule has 0 bridgehead atoms. The fraction of sp³-hybridized carbons (Fsp3) is 0.263. The summed E-state index contributed by atoms with van der Waals surface area (Å²) in [4.78, 5) is 23.2. The van der Waals surface area contributed by atoms with Crippen LogP contribution in [0, 0.1) is 0 Å². The Morgan fingerprint density at radius 3 is 2.00 bits per heavy atom. The molecule has 2 rings (SSSR count). The quantitative estimate of drug-likeness (QED) is 0.768. The first-order chi connectivity index (χ1) is 12.0. The Balaban J connectivity index is 2.15. The predicted molar refractivity (Wildman–Crippen MR) is 94.5 cm³/mol. The smallest absolute Gasteiger partial charge is 0.307 e. The molecule has 0 aromatic heterocycles. The number of nitrogens with one attached hydrogen (secondary N) is 1. The fourth-order valence-corrected chi connectivity index (χ4v) is 2.29. The van der Waals surface area contributed by atoms with Crippen molar-refractivity contribution in [1.82, 2.24) is 0 Å². The third-order valence-electron chi connectivity index (χ3n) is 3.33. The van der Waals surface area contributed by atoms with Crippen molar-refractivity contribution in [3.63, 3.8) is 0 Å². The number of rotatable bonds is 8. The highest BCUT2D eigenvalue weighted by Crippen LogP contribution is 2.24. The third kappa shape index (κ3) is 5.53. The van der Waals surface area contributed by atoms with Gasteiger partial charge in [-0.3, -0.25) is 9.59 Å². The molecule has 25 heavy (non-hydrogen) atoms. The van der Waals surface area contributed by atoms with E-state index in [1.807, 2.05) is 13.8 Å². The highest BCUT2D eigenvalue weighted by atomic mass is 16.5. The van der Waals surface area contributed by atoms with Crippen molar-refractivity contribution in [2.75, 3.05) is 18.5 Å². The van der Waals surface area contributed by atoms with E-state index in [2.05, 4.69) is 5.32 Å². The van der Waals surface area contributed by atoms with Crippen LogP contribution in [0.3, 0.4) is 0 Å². The van der Waals surface area contributed by atoms with E-state index in [-0.39, 0.29) is 12.3 Å². The summed E-state index contributed by atoms with van der Waals surface area (Å²) in [7, 11) is 0. The minimum atomic E-state index is -0.895. The van der Waals surface area contributed by atoms with Crippen molar-refractivity contribution >= 4 is 17.6 Å². The first-order valence-corrected chi connectivity index (χ1v) is 8.04. The van der Waals surface area contributed by atoms with Crippen molar-refractivity contribution in [3.05, 3.63) is 53.6 Å². The van der Waals surface area contributed by atoms with Crippen LogP contribution in [0.1, 0.15) is 29.8 Å². The molecule has 0 spiro atoms. The highest BCUT2D eigenvalue weighted by Gasteiger charge is 2.11. The molecular weight excluding hydrogens is 322 g/mol. The molecule has 1 amide bonds. The SMILES string of the molecule is CCOc1cc(OCC)cc(C(=O)Nc2ccc(CC(=O)O)cc2)c1. The summed E-state index contributed by atoms with van der Waals surface area (Å²) >= 11 is 0. The van der Waals surface area contributed by atoms with E-state index < -0.39 is 5.97 Å². The third-order valence-corrected chi connectivity index (χ3v) is 3.33. The number of carboxylic acid groups (broad SMARTS) is 1. The Kier molecular flexibility index (Phi) is 6.39. The minimum Gasteiger partial charge on any atom is -0.494 e. The standard InChI is InChI=1S/C19H21NO5/c1-3-24-16-10-14(11-17(12-16)25-4-2)19(23)20-15-7-5-13(6-8-15)9-18(21)22/h5-8,10-12H,3-4,9H2,1-2H3,(H,20,23)(H,21,22). The van der Waals surface area contributed by atoms with E-state index in [0.29, 0.717) is 41.5 Å². The number of amides is 1. The zero-order chi connectivity index (χ0) is 18.2. The van der Waals surface area contributed by atoms with Gasteiger partial charge in [-0.25, -0.2) is 0 Å². The lowest BCUT2D eigenvalue weighted by atomic mass is 10.1. The molecule has 0 aliphatic heterocycles. The largest absolute Gasteiger partial charge is 0.494 e. The molecule has 6 nitrogen and oxygen atoms in total. The van der Waals surface area contributed by atoms with Crippen LogP contribution in [0.15, 0.2) is 42.5 Å². The molecule has 2 aromatic carbocycles. The first-order valence-electron chi connectivity index (χ1n) is 8.04. The average Bonchev–Trinajstić information content (AvgIpc) is 2.56. The molecule has 0 radical (unpaired) electrons. The number of benzene rings is 2. The van der Waals surface area contributed by atoms with Crippen molar-refractivity contribution in [2.24, 2.45) is 0 Å². The fourth-order valence-electron chi connectivity index (χ4n) is 2.29. The van der Waals surface area contributed by atoms with E-state index in [1.165, 1.54) is 0 Å². The molecular formula is C19H21NO5. The van der Waals surface area contributed by atoms with Gasteiger partial charge < -0.3 is 19.9 Å². The maximum Gasteiger partial charge on any atom is 0.307 e. The molecule has 0 unspecified atom stereocenters. The van der Waals surface area contributed by atoms with Crippen molar-refractivity contribution in [2.45, 2.75) is 20.3 Å². The Morgan fingerprint density at radius 1 is 0.960 bits per heavy atom. The van der Waals surface area contributed by atoms with Gasteiger partial charge in [-0.05, 0) is 43.7 Å². The van der Waals surface area contributed by atoms with Gasteiger partial charge in [0.2, 0.25) is 0 Å². The number of carbonyl (C=O) groups is 2. The van der Waals surface area contributed by atoms with Crippen LogP contribution in [0.5, 0.6) is 11.5 Å². The molecule has 2 N–H and O–H groups in total. The van der Waals surface area contributed by atoms with Gasteiger partial charge in [0.15, 0.2) is 0 Å². The average molecular weight is 343 g/mol. The van der Waals surface area contributed by atoms with Crippen molar-refractivity contribution in [3.8, 4) is 11.5 Å². The van der Waals surface area contributed by atoms with Crippen LogP contribution < -0.4 is 14.8 Å². The zero-order valence-electron chi connectivity index (χ0n) is 14.2. The summed E-state index contributed by atoms with van der Waals surface area (Å²) in [6, 6.07) is 11.7. The van der Waals surface area contributed by atoms with Gasteiger partial charge in [-0.2, -0.15) is 0 Å². The van der Waals surface area contributed by atoms with Crippen molar-refractivity contribution in [1.29, 1.82) is 0 Å². The molecule has 0 saturated carbocycles. The molecule has 0 atom stereocenters. The molecule has 0 heterocycles. The summed E-state index contributed by atoms with van der Waals surface area (Å²) in [5.41, 5.74) is 1.67. The zero-order valence-corrected chi connectivity index (χ0v) is 14.2. The number of carbonyl (C=O) groups excluding carboxylic acids is 1. The number of aliphatic carboxylic acids is 1. The Bertz CT molecular complexity index is 716. The van der Waals surface area contributed by atoms with E-state index in [4.69, 9.17) is 14.6 Å². The molecule has 0 saturated heterocycles. The van der Waals surface area contributed by atoms with Crippen molar-refractivity contribution < 1.29 is 24.2 Å². The molecule has 132 valence electrons. The van der Waals surface area contributed by atoms with Gasteiger partial charge >= 0.3 is 5.97 Å². The lowest BCUT2D eigenvalue weighted by Crippen LogP contribution is -2.12. The maximum absolute atomic E-state index is 12.5. The van der Waals surface area contributed by atoms with Gasteiger partial charge in [0.25, 0.3) is 5.91 Å². The van der Waals surface area contributed by atoms with E-state index in [1.54, 1.807) is 42.5 Å². The number of ether oxygens (including phenoxy) is 2. The van der Waals surface area contributed by atoms with Crippen LogP contribution in [-0.2, 0) is 11.2 Å². The molecule has 2 aromatic rings. The highest BCUT2D eigenvalue weighted by molar-refractivity contribution is 6.04. The number of carboxylic acids is 1. The summed E-state index contributed by atoms with van der Waals surface area (Å²) < 4.78 is 10.9. The van der Waals surface area contributed by atoms with Gasteiger partial charge in [0, 0.05) is 17.3 Å². The maximum atomic E-state index is 12.5. The Morgan fingerprint density at radius 2 is 1.52 bits per heavy atom. The lowest BCUT2D eigenvalue weighted by Gasteiger charge is -2.11. The summed E-state index contributed by atoms with van der Waals surface area (Å²) in [6.07, 6.45) is -0.0532. The Hall–Kier alpha value is -3.02. The Labute approximate surface area is 146 Å². The van der Waals surface area contributed by atoms with Crippen LogP contribution >= 0.6 is 0 Å². The van der Waals surface area contributed by atoms with E-state index in [9.17, 15) is 9.59 Å². The second-order valence-electron chi connectivity index (χ2n) is 5.28. The van der Waals surface area contributed by atoms with E-state index in [0.717, 1.165) is 0 Å². The van der Waals surface area contributed by atoms with Crippen LogP contribution in [-0.4, -0.2) is 30.2 Å².